The fraction of sp³-hybridized carbons (Fsp3) is 0.625. The molecule has 1 heterocycles. The Morgan fingerprint density at radius 1 is 1.29 bits per heavy atom. The quantitative estimate of drug-likeness (QED) is 0.580. The van der Waals surface area contributed by atoms with Gasteiger partial charge in [0.05, 0.1) is 5.75 Å². The lowest BCUT2D eigenvalue weighted by molar-refractivity contribution is -0.117. The van der Waals surface area contributed by atoms with Crippen LogP contribution in [-0.2, 0) is 4.79 Å². The first-order valence-corrected chi connectivity index (χ1v) is 9.41. The summed E-state index contributed by atoms with van der Waals surface area (Å²) in [4.78, 5) is 23.4. The number of aromatic nitrogens is 2. The molecular weight excluding hydrogens is 328 g/mol. The number of carbonyl (C=O) groups is 2. The van der Waals surface area contributed by atoms with Crippen LogP contribution in [0.25, 0.3) is 0 Å². The molecule has 8 heteroatoms. The van der Waals surface area contributed by atoms with E-state index in [-0.39, 0.29) is 11.7 Å². The third-order valence-electron chi connectivity index (χ3n) is 4.05. The first-order chi connectivity index (χ1) is 11.7. The number of allylic oxidation sites excluding steroid dienone is 1. The van der Waals surface area contributed by atoms with Crippen LogP contribution in [0.4, 0.5) is 4.79 Å². The van der Waals surface area contributed by atoms with Crippen LogP contribution < -0.4 is 10.6 Å². The molecule has 2 N–H and O–H groups in total. The second-order valence-electron chi connectivity index (χ2n) is 6.13. The van der Waals surface area contributed by atoms with Crippen LogP contribution in [0.1, 0.15) is 56.8 Å². The lowest BCUT2D eigenvalue weighted by atomic mass is 9.97. The van der Waals surface area contributed by atoms with Crippen molar-refractivity contribution in [3.05, 3.63) is 17.5 Å². The van der Waals surface area contributed by atoms with E-state index in [2.05, 4.69) is 26.9 Å². The molecule has 0 saturated heterocycles. The zero-order valence-electron chi connectivity index (χ0n) is 13.5. The van der Waals surface area contributed by atoms with E-state index >= 15 is 0 Å². The highest BCUT2D eigenvalue weighted by Gasteiger charge is 2.29. The largest absolute Gasteiger partial charge is 0.416 e. The molecule has 7 nitrogen and oxygen atoms in total. The van der Waals surface area contributed by atoms with Crippen molar-refractivity contribution in [3.63, 3.8) is 0 Å². The fourth-order valence-electron chi connectivity index (χ4n) is 2.58. The Kier molecular flexibility index (Phi) is 5.90. The van der Waals surface area contributed by atoms with Crippen LogP contribution in [0.5, 0.6) is 0 Å². The maximum atomic E-state index is 11.8. The van der Waals surface area contributed by atoms with Crippen molar-refractivity contribution in [1.29, 1.82) is 0 Å². The van der Waals surface area contributed by atoms with Gasteiger partial charge in [-0.25, -0.2) is 4.79 Å². The summed E-state index contributed by atoms with van der Waals surface area (Å²) in [5.74, 6) is 0.740. The van der Waals surface area contributed by atoms with Crippen LogP contribution in [-0.4, -0.2) is 34.4 Å². The van der Waals surface area contributed by atoms with Gasteiger partial charge in [0, 0.05) is 12.5 Å². The minimum absolute atomic E-state index is 0.0743. The predicted octanol–water partition coefficient (Wildman–Crippen LogP) is 2.76. The number of hydrogen-bond acceptors (Lipinski definition) is 6. The van der Waals surface area contributed by atoms with E-state index in [1.54, 1.807) is 0 Å². The Bertz CT molecular complexity index is 625. The van der Waals surface area contributed by atoms with E-state index in [0.29, 0.717) is 23.6 Å². The highest BCUT2D eigenvalue weighted by atomic mass is 32.2. The second-order valence-corrected chi connectivity index (χ2v) is 7.06. The average Bonchev–Trinajstić information content (AvgIpc) is 3.32. The van der Waals surface area contributed by atoms with Gasteiger partial charge in [-0.05, 0) is 44.9 Å². The van der Waals surface area contributed by atoms with Gasteiger partial charge in [-0.2, -0.15) is 0 Å². The van der Waals surface area contributed by atoms with Crippen LogP contribution in [0.2, 0.25) is 0 Å². The maximum absolute atomic E-state index is 11.8. The fourth-order valence-corrected chi connectivity index (χ4v) is 3.15. The summed E-state index contributed by atoms with van der Waals surface area (Å²) in [6.45, 7) is 0.548. The predicted molar refractivity (Wildman–Crippen MR) is 89.7 cm³/mol. The Balaban J connectivity index is 1.30. The molecule has 0 atom stereocenters. The maximum Gasteiger partial charge on any atom is 0.321 e. The number of urea groups is 1. The van der Waals surface area contributed by atoms with Crippen LogP contribution in [0, 0.1) is 0 Å². The summed E-state index contributed by atoms with van der Waals surface area (Å²) in [5.41, 5.74) is 1.39. The monoisotopic (exact) mass is 350 g/mol. The van der Waals surface area contributed by atoms with Gasteiger partial charge in [0.2, 0.25) is 11.8 Å². The average molecular weight is 350 g/mol. The molecule has 1 aromatic rings. The number of nitrogens with zero attached hydrogens (tertiary/aromatic N) is 2. The number of imide groups is 1. The van der Waals surface area contributed by atoms with E-state index in [1.165, 1.54) is 18.4 Å². The summed E-state index contributed by atoms with van der Waals surface area (Å²) >= 11 is 1.14. The lowest BCUT2D eigenvalue weighted by Gasteiger charge is -2.13. The number of amides is 3. The van der Waals surface area contributed by atoms with Gasteiger partial charge < -0.3 is 9.73 Å². The number of carbonyl (C=O) groups excluding carboxylic acids is 2. The van der Waals surface area contributed by atoms with Crippen molar-refractivity contribution in [2.24, 2.45) is 0 Å². The van der Waals surface area contributed by atoms with E-state index in [9.17, 15) is 9.59 Å². The molecule has 1 saturated carbocycles. The molecular formula is C16H22N4O3S. The zero-order chi connectivity index (χ0) is 16.8. The molecule has 130 valence electrons. The summed E-state index contributed by atoms with van der Waals surface area (Å²) in [7, 11) is 0. The molecule has 0 spiro atoms. The Morgan fingerprint density at radius 3 is 2.92 bits per heavy atom. The van der Waals surface area contributed by atoms with Crippen LogP contribution in [0.15, 0.2) is 21.3 Å². The molecule has 24 heavy (non-hydrogen) atoms. The van der Waals surface area contributed by atoms with Crippen molar-refractivity contribution >= 4 is 23.7 Å². The molecule has 0 aromatic carbocycles. The summed E-state index contributed by atoms with van der Waals surface area (Å²) in [6.07, 6.45) is 10.0. The minimum Gasteiger partial charge on any atom is -0.416 e. The molecule has 0 aliphatic heterocycles. The third kappa shape index (κ3) is 5.36. The van der Waals surface area contributed by atoms with Gasteiger partial charge in [-0.3, -0.25) is 10.1 Å². The van der Waals surface area contributed by atoms with Crippen molar-refractivity contribution in [2.75, 3.05) is 12.3 Å². The number of nitrogens with one attached hydrogen (secondary N) is 2. The first-order valence-electron chi connectivity index (χ1n) is 8.42. The summed E-state index contributed by atoms with van der Waals surface area (Å²) < 4.78 is 5.45. The lowest BCUT2D eigenvalue weighted by Crippen LogP contribution is -2.40. The molecule has 3 amide bonds. The van der Waals surface area contributed by atoms with Gasteiger partial charge >= 0.3 is 6.03 Å². The van der Waals surface area contributed by atoms with E-state index in [0.717, 1.165) is 43.9 Å². The standard InChI is InChI=1S/C16H22N4O3S/c21-13(10-24-16-20-19-14(23-16)12-6-7-12)18-15(22)17-9-8-11-4-2-1-3-5-11/h4,12H,1-3,5-10H2,(H2,17,18,21,22). The van der Waals surface area contributed by atoms with E-state index < -0.39 is 6.03 Å². The molecule has 1 fully saturated rings. The van der Waals surface area contributed by atoms with E-state index in [1.807, 2.05) is 0 Å². The molecule has 2 aliphatic carbocycles. The van der Waals surface area contributed by atoms with E-state index in [4.69, 9.17) is 4.42 Å². The minimum atomic E-state index is -0.457. The second kappa shape index (κ2) is 8.32. The van der Waals surface area contributed by atoms with Gasteiger partial charge in [0.1, 0.15) is 0 Å². The Labute approximate surface area is 145 Å². The number of hydrogen-bond donors (Lipinski definition) is 2. The van der Waals surface area contributed by atoms with Crippen LogP contribution in [0.3, 0.4) is 0 Å². The van der Waals surface area contributed by atoms with Gasteiger partial charge in [-0.1, -0.05) is 23.4 Å². The van der Waals surface area contributed by atoms with Crippen molar-refractivity contribution in [2.45, 2.75) is 56.1 Å². The summed E-state index contributed by atoms with van der Waals surface area (Å²) in [5, 5.41) is 13.2. The molecule has 0 bridgehead atoms. The van der Waals surface area contributed by atoms with Crippen molar-refractivity contribution in [3.8, 4) is 0 Å². The number of rotatable bonds is 7. The zero-order valence-corrected chi connectivity index (χ0v) is 14.4. The van der Waals surface area contributed by atoms with Crippen molar-refractivity contribution in [1.82, 2.24) is 20.8 Å². The van der Waals surface area contributed by atoms with Gasteiger partial charge in [0.25, 0.3) is 5.22 Å². The Morgan fingerprint density at radius 2 is 2.17 bits per heavy atom. The molecule has 1 aromatic heterocycles. The summed E-state index contributed by atoms with van der Waals surface area (Å²) in [6, 6.07) is -0.457. The third-order valence-corrected chi connectivity index (χ3v) is 4.86. The highest BCUT2D eigenvalue weighted by Crippen LogP contribution is 2.39. The molecule has 0 radical (unpaired) electrons. The normalized spacial score (nSPS) is 17.2. The van der Waals surface area contributed by atoms with Crippen molar-refractivity contribution < 1.29 is 14.0 Å². The Hall–Kier alpha value is -1.83. The van der Waals surface area contributed by atoms with Crippen LogP contribution >= 0.6 is 11.8 Å². The molecule has 2 aliphatic rings. The molecule has 3 rings (SSSR count). The number of thioether (sulfide) groups is 1. The molecule has 0 unspecified atom stereocenters. The SMILES string of the molecule is O=C(CSc1nnc(C2CC2)o1)NC(=O)NCCC1=CCCCC1. The highest BCUT2D eigenvalue weighted by molar-refractivity contribution is 7.99. The van der Waals surface area contributed by atoms with Gasteiger partial charge in [0.15, 0.2) is 0 Å². The smallest absolute Gasteiger partial charge is 0.321 e. The van der Waals surface area contributed by atoms with Gasteiger partial charge in [-0.15, -0.1) is 10.2 Å². The topological polar surface area (TPSA) is 97.1 Å². The first kappa shape index (κ1) is 17.0.